The molecule has 0 amide bonds. The molecule has 2 spiro atoms. The summed E-state index contributed by atoms with van der Waals surface area (Å²) < 4.78 is 0. The standard InChI is InChI=1S/C32H32N2O2/c1-19(29-31(15-7-8-16-31)21-11-3-5-13-23(21)33-29)25-27(35)26(28(25)36)20(2)30-32(17-9-10-18-32)22-12-4-6-14-24(22)34-30/h3-6,11-14,29,33H,7-10,15-18H2,1-2H3. The summed E-state index contributed by atoms with van der Waals surface area (Å²) in [6.45, 7) is 3.95. The minimum atomic E-state index is -0.148. The SMILES string of the molecule is CC(C1=Nc2ccccc2C12CCCC2)=c1c(=O)c(=C(C)C2Nc3ccccc3C23CCCC3)c1=O. The molecule has 36 heavy (non-hydrogen) atoms. The Balaban J connectivity index is 1.38. The molecule has 2 saturated carbocycles. The maximum Gasteiger partial charge on any atom is 0.201 e. The van der Waals surface area contributed by atoms with E-state index in [1.807, 2.05) is 19.9 Å². The van der Waals surface area contributed by atoms with Crippen LogP contribution in [0.5, 0.6) is 0 Å². The quantitative estimate of drug-likeness (QED) is 0.591. The topological polar surface area (TPSA) is 58.5 Å². The lowest BCUT2D eigenvalue weighted by Gasteiger charge is -2.32. The Morgan fingerprint density at radius 3 is 2.14 bits per heavy atom. The highest BCUT2D eigenvalue weighted by Crippen LogP contribution is 2.53. The van der Waals surface area contributed by atoms with Crippen LogP contribution in [0.1, 0.15) is 76.3 Å². The van der Waals surface area contributed by atoms with Gasteiger partial charge in [0.2, 0.25) is 10.9 Å². The summed E-state index contributed by atoms with van der Waals surface area (Å²) in [6, 6.07) is 16.9. The van der Waals surface area contributed by atoms with E-state index in [0.717, 1.165) is 66.8 Å². The van der Waals surface area contributed by atoms with Crippen molar-refractivity contribution in [2.45, 2.75) is 82.1 Å². The molecule has 2 fully saturated rings. The van der Waals surface area contributed by atoms with Crippen molar-refractivity contribution in [3.8, 4) is 0 Å². The first kappa shape index (κ1) is 22.0. The maximum atomic E-state index is 13.7. The Morgan fingerprint density at radius 1 is 0.806 bits per heavy atom. The van der Waals surface area contributed by atoms with Crippen LogP contribution in [0.2, 0.25) is 0 Å². The van der Waals surface area contributed by atoms with Crippen molar-refractivity contribution >= 4 is 28.2 Å². The third-order valence-electron chi connectivity index (χ3n) is 9.84. The molecule has 2 aliphatic carbocycles. The number of fused-ring (bicyclic) bond motifs is 4. The van der Waals surface area contributed by atoms with Crippen molar-refractivity contribution in [1.82, 2.24) is 0 Å². The summed E-state index contributed by atoms with van der Waals surface area (Å²) in [5.41, 5.74) is 7.06. The van der Waals surface area contributed by atoms with Crippen LogP contribution in [0, 0.1) is 0 Å². The summed E-state index contributed by atoms with van der Waals surface area (Å²) in [4.78, 5) is 32.4. The predicted octanol–water partition coefficient (Wildman–Crippen LogP) is 4.53. The Kier molecular flexibility index (Phi) is 4.65. The van der Waals surface area contributed by atoms with E-state index in [1.54, 1.807) is 0 Å². The van der Waals surface area contributed by atoms with E-state index >= 15 is 0 Å². The van der Waals surface area contributed by atoms with Gasteiger partial charge in [-0.3, -0.25) is 14.6 Å². The molecule has 2 aliphatic heterocycles. The predicted molar refractivity (Wildman–Crippen MR) is 146 cm³/mol. The molecule has 1 atom stereocenters. The van der Waals surface area contributed by atoms with Gasteiger partial charge in [0.15, 0.2) is 0 Å². The summed E-state index contributed by atoms with van der Waals surface area (Å²) in [6.07, 6.45) is 8.92. The first-order chi connectivity index (χ1) is 17.5. The van der Waals surface area contributed by atoms with Crippen molar-refractivity contribution in [3.05, 3.63) is 90.5 Å². The molecule has 3 aromatic rings. The Hall–Kier alpha value is -3.27. The van der Waals surface area contributed by atoms with Crippen molar-refractivity contribution in [3.63, 3.8) is 0 Å². The van der Waals surface area contributed by atoms with E-state index in [4.69, 9.17) is 4.99 Å². The van der Waals surface area contributed by atoms with Crippen LogP contribution < -0.4 is 26.6 Å². The first-order valence-electron chi connectivity index (χ1n) is 13.5. The molecule has 4 heteroatoms. The van der Waals surface area contributed by atoms with Gasteiger partial charge in [0.25, 0.3) is 0 Å². The normalized spacial score (nSPS) is 22.6. The van der Waals surface area contributed by atoms with Gasteiger partial charge in [0.1, 0.15) is 0 Å². The Morgan fingerprint density at radius 2 is 1.42 bits per heavy atom. The lowest BCUT2D eigenvalue weighted by atomic mass is 9.72. The number of hydrogen-bond acceptors (Lipinski definition) is 4. The van der Waals surface area contributed by atoms with Crippen LogP contribution in [-0.4, -0.2) is 11.8 Å². The second-order valence-corrected chi connectivity index (χ2v) is 11.5. The van der Waals surface area contributed by atoms with Gasteiger partial charge in [-0.05, 0) is 73.9 Å². The minimum absolute atomic E-state index is 0.00333. The van der Waals surface area contributed by atoms with Crippen LogP contribution in [0.4, 0.5) is 11.4 Å². The van der Waals surface area contributed by atoms with Crippen LogP contribution in [-0.2, 0) is 10.8 Å². The fraction of sp³-hybridized carbons (Fsp3) is 0.406. The second kappa shape index (κ2) is 7.61. The molecular formula is C32H32N2O2. The average molecular weight is 477 g/mol. The lowest BCUT2D eigenvalue weighted by molar-refractivity contribution is 0.440. The highest BCUT2D eigenvalue weighted by Gasteiger charge is 2.50. The minimum Gasteiger partial charge on any atom is -0.377 e. The Labute approximate surface area is 211 Å². The fourth-order valence-corrected chi connectivity index (χ4v) is 8.19. The van der Waals surface area contributed by atoms with E-state index in [9.17, 15) is 9.59 Å². The van der Waals surface area contributed by atoms with E-state index in [0.29, 0.717) is 10.4 Å². The van der Waals surface area contributed by atoms with Crippen LogP contribution in [0.3, 0.4) is 0 Å². The fourth-order valence-electron chi connectivity index (χ4n) is 8.19. The molecule has 0 bridgehead atoms. The number of benzene rings is 2. The number of rotatable bonds is 2. The maximum absolute atomic E-state index is 13.7. The lowest BCUT2D eigenvalue weighted by Crippen LogP contribution is -2.67. The highest BCUT2D eigenvalue weighted by molar-refractivity contribution is 6.26. The second-order valence-electron chi connectivity index (χ2n) is 11.5. The van der Waals surface area contributed by atoms with E-state index in [2.05, 4.69) is 47.8 Å². The first-order valence-corrected chi connectivity index (χ1v) is 13.5. The molecule has 3 aromatic carbocycles. The molecule has 0 saturated heterocycles. The van der Waals surface area contributed by atoms with Gasteiger partial charge >= 0.3 is 0 Å². The molecule has 4 nitrogen and oxygen atoms in total. The zero-order valence-corrected chi connectivity index (χ0v) is 21.1. The van der Waals surface area contributed by atoms with Crippen molar-refractivity contribution < 1.29 is 0 Å². The van der Waals surface area contributed by atoms with Crippen LogP contribution in [0.25, 0.3) is 11.1 Å². The largest absolute Gasteiger partial charge is 0.377 e. The van der Waals surface area contributed by atoms with Gasteiger partial charge in [-0.25, -0.2) is 0 Å². The number of para-hydroxylation sites is 2. The monoisotopic (exact) mass is 476 g/mol. The molecule has 1 N–H and O–H groups in total. The van der Waals surface area contributed by atoms with Crippen molar-refractivity contribution in [2.24, 2.45) is 4.99 Å². The molecule has 0 radical (unpaired) electrons. The van der Waals surface area contributed by atoms with Gasteiger partial charge in [-0.1, -0.05) is 62.1 Å². The molecule has 0 aromatic heterocycles. The van der Waals surface area contributed by atoms with Crippen LogP contribution >= 0.6 is 0 Å². The highest BCUT2D eigenvalue weighted by atomic mass is 16.1. The molecule has 2 heterocycles. The molecular weight excluding hydrogens is 444 g/mol. The number of anilines is 1. The van der Waals surface area contributed by atoms with Crippen molar-refractivity contribution in [2.75, 3.05) is 5.32 Å². The summed E-state index contributed by atoms with van der Waals surface area (Å²) in [7, 11) is 0. The van der Waals surface area contributed by atoms with E-state index in [1.165, 1.54) is 24.0 Å². The number of nitrogens with zero attached hydrogens (tertiary/aromatic N) is 1. The third kappa shape index (κ3) is 2.68. The summed E-state index contributed by atoms with van der Waals surface area (Å²) >= 11 is 0. The molecule has 1 unspecified atom stereocenters. The van der Waals surface area contributed by atoms with Gasteiger partial charge in [-0.2, -0.15) is 0 Å². The summed E-state index contributed by atoms with van der Waals surface area (Å²) in [5, 5.41) is 4.47. The van der Waals surface area contributed by atoms with Crippen molar-refractivity contribution in [1.29, 1.82) is 0 Å². The third-order valence-corrected chi connectivity index (χ3v) is 9.84. The molecule has 4 aliphatic rings. The number of hydrogen-bond donors (Lipinski definition) is 1. The van der Waals surface area contributed by atoms with E-state index in [-0.39, 0.29) is 27.7 Å². The zero-order valence-electron chi connectivity index (χ0n) is 21.1. The van der Waals surface area contributed by atoms with Gasteiger partial charge in [-0.15, -0.1) is 0 Å². The average Bonchev–Trinajstić information content (AvgIpc) is 3.68. The Bertz CT molecular complexity index is 1610. The van der Waals surface area contributed by atoms with Crippen LogP contribution in [0.15, 0.2) is 63.1 Å². The zero-order chi connectivity index (χ0) is 24.7. The smallest absolute Gasteiger partial charge is 0.201 e. The van der Waals surface area contributed by atoms with E-state index < -0.39 is 0 Å². The summed E-state index contributed by atoms with van der Waals surface area (Å²) in [5.74, 6) is 0. The van der Waals surface area contributed by atoms with Gasteiger partial charge < -0.3 is 5.32 Å². The van der Waals surface area contributed by atoms with Gasteiger partial charge in [0, 0.05) is 16.5 Å². The van der Waals surface area contributed by atoms with Gasteiger partial charge in [0.05, 0.1) is 27.9 Å². The molecule has 7 rings (SSSR count). The molecule has 182 valence electrons. The number of nitrogens with one attached hydrogen (secondary N) is 1. The number of aliphatic imine (C=N–C) groups is 1.